The summed E-state index contributed by atoms with van der Waals surface area (Å²) < 4.78 is 6.01. The zero-order valence-electron chi connectivity index (χ0n) is 12.0. The quantitative estimate of drug-likeness (QED) is 0.860. The van der Waals surface area contributed by atoms with Gasteiger partial charge in [-0.2, -0.15) is 0 Å². The van der Waals surface area contributed by atoms with E-state index < -0.39 is 0 Å². The van der Waals surface area contributed by atoms with Crippen LogP contribution >= 0.6 is 11.3 Å². The van der Waals surface area contributed by atoms with Crippen molar-refractivity contribution in [1.29, 1.82) is 0 Å². The number of fused-ring (bicyclic) bond motifs is 1. The van der Waals surface area contributed by atoms with E-state index in [1.165, 1.54) is 10.4 Å². The molecule has 1 N–H and O–H groups in total. The van der Waals surface area contributed by atoms with Gasteiger partial charge in [-0.25, -0.2) is 0 Å². The van der Waals surface area contributed by atoms with Crippen LogP contribution in [0.25, 0.3) is 0 Å². The third kappa shape index (κ3) is 3.48. The Morgan fingerprint density at radius 1 is 1.68 bits per heavy atom. The van der Waals surface area contributed by atoms with Crippen molar-refractivity contribution in [3.8, 4) is 0 Å². The van der Waals surface area contributed by atoms with Gasteiger partial charge in [0.25, 0.3) is 0 Å². The second kappa shape index (κ2) is 6.40. The van der Waals surface area contributed by atoms with Crippen LogP contribution in [0.2, 0.25) is 0 Å². The molecule has 3 heteroatoms. The predicted octanol–water partition coefficient (Wildman–Crippen LogP) is 4.42. The fourth-order valence-corrected chi connectivity index (χ4v) is 3.26. The van der Waals surface area contributed by atoms with Gasteiger partial charge in [0.05, 0.1) is 6.61 Å². The molecule has 1 aliphatic rings. The van der Waals surface area contributed by atoms with Crippen molar-refractivity contribution in [3.05, 3.63) is 45.9 Å². The molecule has 1 aliphatic heterocycles. The SMILES string of the molecule is C=C(C)N/C(=C\C(C)CC)C1OCCc2ccsc21. The summed E-state index contributed by atoms with van der Waals surface area (Å²) in [7, 11) is 0. The van der Waals surface area contributed by atoms with Crippen molar-refractivity contribution in [2.45, 2.75) is 39.7 Å². The van der Waals surface area contributed by atoms with Crippen LogP contribution in [-0.4, -0.2) is 6.61 Å². The second-order valence-corrected chi connectivity index (χ2v) is 6.17. The fraction of sp³-hybridized carbons (Fsp3) is 0.500. The maximum absolute atomic E-state index is 6.01. The standard InChI is InChI=1S/C16H23NOS/c1-5-12(4)10-14(17-11(2)3)15-16-13(6-8-18-15)7-9-19-16/h7,9-10,12,15,17H,2,5-6,8H2,1,3-4H3/b14-10-. The van der Waals surface area contributed by atoms with Gasteiger partial charge in [-0.1, -0.05) is 32.9 Å². The summed E-state index contributed by atoms with van der Waals surface area (Å²) in [5.74, 6) is 0.538. The van der Waals surface area contributed by atoms with E-state index >= 15 is 0 Å². The van der Waals surface area contributed by atoms with E-state index in [1.807, 2.05) is 6.92 Å². The maximum atomic E-state index is 6.01. The Balaban J connectivity index is 2.29. The topological polar surface area (TPSA) is 21.3 Å². The van der Waals surface area contributed by atoms with E-state index in [9.17, 15) is 0 Å². The summed E-state index contributed by atoms with van der Waals surface area (Å²) in [5.41, 5.74) is 3.53. The van der Waals surface area contributed by atoms with Gasteiger partial charge in [-0.15, -0.1) is 11.3 Å². The van der Waals surface area contributed by atoms with Crippen LogP contribution in [0.5, 0.6) is 0 Å². The Morgan fingerprint density at radius 2 is 2.47 bits per heavy atom. The molecule has 0 spiro atoms. The lowest BCUT2D eigenvalue weighted by Crippen LogP contribution is -2.24. The monoisotopic (exact) mass is 277 g/mol. The molecule has 0 saturated carbocycles. The van der Waals surface area contributed by atoms with E-state index in [-0.39, 0.29) is 6.10 Å². The molecule has 2 nitrogen and oxygen atoms in total. The van der Waals surface area contributed by atoms with E-state index in [4.69, 9.17) is 4.74 Å². The molecule has 0 bridgehead atoms. The molecule has 0 amide bonds. The number of hydrogen-bond acceptors (Lipinski definition) is 3. The molecule has 1 aromatic rings. The van der Waals surface area contributed by atoms with Crippen LogP contribution in [-0.2, 0) is 11.2 Å². The van der Waals surface area contributed by atoms with Gasteiger partial charge in [-0.3, -0.25) is 0 Å². The number of ether oxygens (including phenoxy) is 1. The first-order chi connectivity index (χ1) is 9.11. The van der Waals surface area contributed by atoms with Crippen LogP contribution in [0.3, 0.4) is 0 Å². The maximum Gasteiger partial charge on any atom is 0.131 e. The highest BCUT2D eigenvalue weighted by atomic mass is 32.1. The lowest BCUT2D eigenvalue weighted by atomic mass is 10.0. The van der Waals surface area contributed by atoms with Gasteiger partial charge >= 0.3 is 0 Å². The van der Waals surface area contributed by atoms with Crippen molar-refractivity contribution in [3.63, 3.8) is 0 Å². The third-order valence-electron chi connectivity index (χ3n) is 3.42. The van der Waals surface area contributed by atoms with Crippen molar-refractivity contribution in [2.24, 2.45) is 5.92 Å². The van der Waals surface area contributed by atoms with Gasteiger partial charge in [0.1, 0.15) is 6.10 Å². The molecule has 0 radical (unpaired) electrons. The number of rotatable bonds is 5. The number of allylic oxidation sites excluding steroid dienone is 2. The summed E-state index contributed by atoms with van der Waals surface area (Å²) in [4.78, 5) is 1.34. The zero-order valence-corrected chi connectivity index (χ0v) is 12.8. The minimum absolute atomic E-state index is 0.0504. The summed E-state index contributed by atoms with van der Waals surface area (Å²) in [6.07, 6.45) is 4.49. The highest BCUT2D eigenvalue weighted by Gasteiger charge is 2.26. The van der Waals surface area contributed by atoms with Crippen molar-refractivity contribution in [1.82, 2.24) is 5.32 Å². The largest absolute Gasteiger partial charge is 0.366 e. The average molecular weight is 277 g/mol. The summed E-state index contributed by atoms with van der Waals surface area (Å²) in [6.45, 7) is 11.2. The average Bonchev–Trinajstić information content (AvgIpc) is 2.85. The number of thiophene rings is 1. The van der Waals surface area contributed by atoms with Crippen molar-refractivity contribution in [2.75, 3.05) is 6.61 Å². The molecule has 1 aromatic heterocycles. The normalized spacial score (nSPS) is 20.8. The molecule has 19 heavy (non-hydrogen) atoms. The summed E-state index contributed by atoms with van der Waals surface area (Å²) in [5, 5.41) is 5.55. The van der Waals surface area contributed by atoms with Gasteiger partial charge in [0, 0.05) is 16.3 Å². The highest BCUT2D eigenvalue weighted by Crippen LogP contribution is 2.36. The minimum Gasteiger partial charge on any atom is -0.366 e. The summed E-state index contributed by atoms with van der Waals surface area (Å²) >= 11 is 1.79. The Kier molecular flexibility index (Phi) is 4.83. The molecular formula is C16H23NOS. The first kappa shape index (κ1) is 14.4. The first-order valence-corrected chi connectivity index (χ1v) is 7.82. The lowest BCUT2D eigenvalue weighted by molar-refractivity contribution is 0.0659. The molecule has 2 unspecified atom stereocenters. The first-order valence-electron chi connectivity index (χ1n) is 6.94. The lowest BCUT2D eigenvalue weighted by Gasteiger charge is -2.27. The van der Waals surface area contributed by atoms with Crippen molar-refractivity contribution < 1.29 is 4.74 Å². The van der Waals surface area contributed by atoms with Crippen LogP contribution in [0.15, 0.2) is 35.5 Å². The molecular weight excluding hydrogens is 254 g/mol. The van der Waals surface area contributed by atoms with Crippen molar-refractivity contribution >= 4 is 11.3 Å². The second-order valence-electron chi connectivity index (χ2n) is 5.22. The molecule has 104 valence electrons. The Bertz CT molecular complexity index is 475. The minimum atomic E-state index is 0.0504. The highest BCUT2D eigenvalue weighted by molar-refractivity contribution is 7.10. The third-order valence-corrected chi connectivity index (χ3v) is 4.43. The zero-order chi connectivity index (χ0) is 13.8. The van der Waals surface area contributed by atoms with Gasteiger partial charge in [-0.05, 0) is 36.3 Å². The van der Waals surface area contributed by atoms with Crippen LogP contribution in [0.1, 0.15) is 43.7 Å². The molecule has 0 saturated heterocycles. The molecule has 2 heterocycles. The van der Waals surface area contributed by atoms with E-state index in [1.54, 1.807) is 11.3 Å². The van der Waals surface area contributed by atoms with Crippen LogP contribution < -0.4 is 5.32 Å². The van der Waals surface area contributed by atoms with Crippen LogP contribution in [0, 0.1) is 5.92 Å². The smallest absolute Gasteiger partial charge is 0.131 e. The molecule has 0 fully saturated rings. The van der Waals surface area contributed by atoms with E-state index in [2.05, 4.69) is 43.3 Å². The molecule has 2 atom stereocenters. The molecule has 0 aliphatic carbocycles. The van der Waals surface area contributed by atoms with Crippen LogP contribution in [0.4, 0.5) is 0 Å². The van der Waals surface area contributed by atoms with Gasteiger partial charge < -0.3 is 10.1 Å². The number of nitrogens with one attached hydrogen (secondary N) is 1. The fourth-order valence-electron chi connectivity index (χ4n) is 2.24. The summed E-state index contributed by atoms with van der Waals surface area (Å²) in [6, 6.07) is 2.22. The number of hydrogen-bond donors (Lipinski definition) is 1. The molecule has 0 aromatic carbocycles. The van der Waals surface area contributed by atoms with E-state index in [0.29, 0.717) is 5.92 Å². The van der Waals surface area contributed by atoms with E-state index in [0.717, 1.165) is 30.8 Å². The Hall–Kier alpha value is -1.06. The predicted molar refractivity (Wildman–Crippen MR) is 82.2 cm³/mol. The van der Waals surface area contributed by atoms with Gasteiger partial charge in [0.2, 0.25) is 0 Å². The Morgan fingerprint density at radius 3 is 3.16 bits per heavy atom. The Labute approximate surface area is 120 Å². The van der Waals surface area contributed by atoms with Gasteiger partial charge in [0.15, 0.2) is 0 Å². The molecule has 2 rings (SSSR count).